The van der Waals surface area contributed by atoms with Crippen molar-refractivity contribution in [1.29, 1.82) is 0 Å². The molecule has 0 atom stereocenters. The second-order valence-corrected chi connectivity index (χ2v) is 21.1. The largest absolute Gasteiger partial charge is 0.254 e. The van der Waals surface area contributed by atoms with E-state index in [2.05, 4.69) is 173 Å². The fourth-order valence-electron chi connectivity index (χ4n) is 9.12. The van der Waals surface area contributed by atoms with E-state index in [-0.39, 0.29) is 34.6 Å². The van der Waals surface area contributed by atoms with E-state index in [1.54, 1.807) is 37.2 Å². The smallest absolute Gasteiger partial charge is 0.0964 e. The topological polar surface area (TPSA) is 129 Å². The van der Waals surface area contributed by atoms with Crippen LogP contribution in [0.15, 0.2) is 220 Å². The molecule has 10 aromatic heterocycles. The maximum atomic E-state index is 4.85. The van der Waals surface area contributed by atoms with E-state index >= 15 is 0 Å². The summed E-state index contributed by atoms with van der Waals surface area (Å²) >= 11 is -0.346. The average Bonchev–Trinajstić information content (AvgIpc) is 3.51. The Labute approximate surface area is 489 Å². The minimum atomic E-state index is -0.346. The number of unbranched alkanes of at least 4 members (excludes halogenated alkanes) is 4. The van der Waals surface area contributed by atoms with Crippen LogP contribution in [-0.4, -0.2) is 49.8 Å². The summed E-state index contributed by atoms with van der Waals surface area (Å²) in [6.07, 6.45) is 26.7. The third kappa shape index (κ3) is 16.1. The summed E-state index contributed by atoms with van der Waals surface area (Å²) in [5, 5.41) is 6.83. The van der Waals surface area contributed by atoms with Gasteiger partial charge in [0.1, 0.15) is 0 Å². The molecule has 0 amide bonds. The van der Waals surface area contributed by atoms with Gasteiger partial charge in [-0.25, -0.2) is 0 Å². The van der Waals surface area contributed by atoms with Gasteiger partial charge in [0, 0.05) is 114 Å². The van der Waals surface area contributed by atoms with Gasteiger partial charge < -0.3 is 0 Å². The molecular weight excluding hydrogens is 1190 g/mol. The van der Waals surface area contributed by atoms with Gasteiger partial charge in [0.2, 0.25) is 0 Å². The van der Waals surface area contributed by atoms with Gasteiger partial charge >= 0.3 is 34.5 Å². The molecule has 0 aliphatic heterocycles. The van der Waals surface area contributed by atoms with Crippen molar-refractivity contribution in [1.82, 2.24) is 49.8 Å². The standard InChI is InChI=1S/C29H32N4.3C12H8N2.2ClH.2Ru/c1-22-10-14-30-26(18-22)28-20-24(12-16-32-28)8-6-4-3-5-7-9-25-13-17-33-29(21-25)27-19-23(2)11-15-31-27;3*1-3-9-5-6-10-4-2-8-14-12(10)11(9)13-7-1;;;;/h10-21H,3-9H2,1-2H3;3*1-8H;2*1H;;/q;;;;;;;+2/p-2. The molecule has 396 valence electrons. The van der Waals surface area contributed by atoms with Crippen molar-refractivity contribution in [2.24, 2.45) is 0 Å². The van der Waals surface area contributed by atoms with Crippen molar-refractivity contribution in [3.8, 4) is 22.8 Å². The van der Waals surface area contributed by atoms with E-state index in [4.69, 9.17) is 19.4 Å². The first-order valence-corrected chi connectivity index (χ1v) is 30.3. The minimum Gasteiger partial charge on any atom is -0.254 e. The van der Waals surface area contributed by atoms with Crippen molar-refractivity contribution in [3.63, 3.8) is 0 Å². The number of hydrogen-bond acceptors (Lipinski definition) is 10. The van der Waals surface area contributed by atoms with Crippen molar-refractivity contribution >= 4 is 84.8 Å². The second-order valence-electron chi connectivity index (χ2n) is 18.5. The van der Waals surface area contributed by atoms with E-state index in [1.165, 1.54) is 54.4 Å². The SMILES string of the molecule is Cc1ccnc(-c2cc(CCCCCCCc3ccnc(-c4cc(C)ccn4)c3)ccn2)c1.[Cl][Ru][Cl].[Ru].c1cnc2c(c1)ccc1cccnc12.c1cnc2c(c1)ccc1cccnc12.c1cnc2c(c1)ccc1cccnc12. The van der Waals surface area contributed by atoms with E-state index in [0.29, 0.717) is 0 Å². The van der Waals surface area contributed by atoms with E-state index in [0.717, 1.165) is 101 Å². The monoisotopic (exact) mass is 1250 g/mol. The molecule has 13 aromatic rings. The Balaban J connectivity index is 0.000000148. The Bertz CT molecular complexity index is 3540. The normalized spacial score (nSPS) is 10.6. The molecule has 79 heavy (non-hydrogen) atoms. The van der Waals surface area contributed by atoms with Crippen molar-refractivity contribution in [2.45, 2.75) is 58.8 Å². The van der Waals surface area contributed by atoms with Gasteiger partial charge in [0.15, 0.2) is 0 Å². The molecule has 0 spiro atoms. The maximum Gasteiger partial charge on any atom is 0.0964 e. The fourth-order valence-corrected chi connectivity index (χ4v) is 9.12. The summed E-state index contributed by atoms with van der Waals surface area (Å²) in [6.45, 7) is 4.17. The fraction of sp³-hybridized carbons (Fsp3) is 0.138. The third-order valence-corrected chi connectivity index (χ3v) is 13.0. The molecule has 3 aromatic carbocycles. The number of nitrogens with zero attached hydrogens (tertiary/aromatic N) is 10. The van der Waals surface area contributed by atoms with Crippen LogP contribution in [0.3, 0.4) is 0 Å². The van der Waals surface area contributed by atoms with Gasteiger partial charge in [-0.1, -0.05) is 92.1 Å². The molecule has 14 heteroatoms. The zero-order valence-corrected chi connectivity index (χ0v) is 48.7. The summed E-state index contributed by atoms with van der Waals surface area (Å²) < 4.78 is 0. The van der Waals surface area contributed by atoms with Crippen LogP contribution in [0.5, 0.6) is 0 Å². The van der Waals surface area contributed by atoms with Crippen molar-refractivity contribution in [3.05, 3.63) is 242 Å². The number of benzene rings is 3. The molecule has 0 bridgehead atoms. The summed E-state index contributed by atoms with van der Waals surface area (Å²) in [5.41, 5.74) is 14.8. The number of halogens is 2. The predicted molar refractivity (Wildman–Crippen MR) is 318 cm³/mol. The van der Waals surface area contributed by atoms with Gasteiger partial charge in [0.25, 0.3) is 0 Å². The van der Waals surface area contributed by atoms with Gasteiger partial charge in [-0.05, 0) is 147 Å². The van der Waals surface area contributed by atoms with E-state index in [9.17, 15) is 0 Å². The quantitative estimate of drug-likeness (QED) is 0.0741. The van der Waals surface area contributed by atoms with Crippen LogP contribution in [0.1, 0.15) is 54.4 Å². The van der Waals surface area contributed by atoms with Crippen LogP contribution in [0.25, 0.3) is 88.2 Å². The van der Waals surface area contributed by atoms with Gasteiger partial charge in [0.05, 0.1) is 55.9 Å². The number of pyridine rings is 10. The molecule has 0 fully saturated rings. The maximum absolute atomic E-state index is 4.85. The molecule has 0 aliphatic rings. The summed E-state index contributed by atoms with van der Waals surface area (Å²) in [6, 6.07) is 53.3. The number of aromatic nitrogens is 10. The molecule has 0 unspecified atom stereocenters. The number of fused-ring (bicyclic) bond motifs is 9. The number of aryl methyl sites for hydroxylation is 4. The average molecular weight is 1250 g/mol. The Morgan fingerprint density at radius 2 is 0.532 bits per heavy atom. The van der Waals surface area contributed by atoms with Crippen molar-refractivity contribution in [2.75, 3.05) is 0 Å². The molecule has 13 rings (SSSR count). The third-order valence-electron chi connectivity index (χ3n) is 13.0. The van der Waals surface area contributed by atoms with Gasteiger partial charge in [-0.3, -0.25) is 49.8 Å². The van der Waals surface area contributed by atoms with Crippen LogP contribution >= 0.6 is 19.4 Å². The first-order chi connectivity index (χ1) is 38.4. The van der Waals surface area contributed by atoms with Crippen LogP contribution in [0.4, 0.5) is 0 Å². The molecule has 0 N–H and O–H groups in total. The molecule has 0 saturated heterocycles. The van der Waals surface area contributed by atoms with Crippen LogP contribution in [0, 0.1) is 13.8 Å². The van der Waals surface area contributed by atoms with Gasteiger partial charge in [-0.2, -0.15) is 0 Å². The summed E-state index contributed by atoms with van der Waals surface area (Å²) in [5.74, 6) is 0. The zero-order valence-electron chi connectivity index (χ0n) is 43.7. The minimum absolute atomic E-state index is 0. The first-order valence-electron chi connectivity index (χ1n) is 25.8. The zero-order chi connectivity index (χ0) is 53.7. The van der Waals surface area contributed by atoms with Crippen LogP contribution < -0.4 is 0 Å². The molecule has 10 heterocycles. The molecule has 0 saturated carbocycles. The number of hydrogen-bond donors (Lipinski definition) is 0. The Kier molecular flexibility index (Phi) is 22.0. The molecule has 0 aliphatic carbocycles. The van der Waals surface area contributed by atoms with Crippen LogP contribution in [0.2, 0.25) is 0 Å². The number of rotatable bonds is 10. The van der Waals surface area contributed by atoms with Crippen LogP contribution in [-0.2, 0) is 47.5 Å². The Morgan fingerprint density at radius 3 is 0.797 bits per heavy atom. The summed E-state index contributed by atoms with van der Waals surface area (Å²) in [4.78, 5) is 44.0. The predicted octanol–water partition coefficient (Wildman–Crippen LogP) is 16.7. The van der Waals surface area contributed by atoms with Crippen molar-refractivity contribution < 1.29 is 34.6 Å². The molecule has 10 nitrogen and oxygen atoms in total. The first kappa shape index (κ1) is 57.7. The van der Waals surface area contributed by atoms with E-state index < -0.39 is 0 Å². The second kappa shape index (κ2) is 30.1. The van der Waals surface area contributed by atoms with E-state index in [1.807, 2.05) is 73.3 Å². The molecule has 0 radical (unpaired) electrons. The Hall–Kier alpha value is -7.45. The van der Waals surface area contributed by atoms with Gasteiger partial charge in [-0.15, -0.1) is 0 Å². The Morgan fingerprint density at radius 1 is 0.291 bits per heavy atom. The molecular formula is C65H56Cl2N10Ru2. The summed E-state index contributed by atoms with van der Waals surface area (Å²) in [7, 11) is 9.71.